The summed E-state index contributed by atoms with van der Waals surface area (Å²) in [6.45, 7) is 14.5. The van der Waals surface area contributed by atoms with Crippen LogP contribution in [0, 0.1) is 27.6 Å². The average Bonchev–Trinajstić information content (AvgIpc) is 2.75. The van der Waals surface area contributed by atoms with E-state index in [-0.39, 0.29) is 33.3 Å². The van der Waals surface area contributed by atoms with Crippen molar-refractivity contribution in [3.05, 3.63) is 46.3 Å². The monoisotopic (exact) mass is 449 g/mol. The average molecular weight is 450 g/mol. The second kappa shape index (κ2) is 6.74. The first-order valence-corrected chi connectivity index (χ1v) is 13.0. The van der Waals surface area contributed by atoms with Crippen LogP contribution in [0.25, 0.3) is 0 Å². The van der Waals surface area contributed by atoms with Crippen molar-refractivity contribution in [2.24, 2.45) is 27.6 Å². The molecule has 0 spiro atoms. The molecule has 180 valence electrons. The highest BCUT2D eigenvalue weighted by atomic mass is 16.3. The number of allylic oxidation sites excluding steroid dienone is 7. The quantitative estimate of drug-likeness (QED) is 0.472. The Kier molecular flexibility index (Phi) is 4.73. The number of ketones is 1. The van der Waals surface area contributed by atoms with Gasteiger partial charge in [0.25, 0.3) is 0 Å². The van der Waals surface area contributed by atoms with E-state index in [1.807, 2.05) is 6.92 Å². The van der Waals surface area contributed by atoms with Crippen molar-refractivity contribution in [1.82, 2.24) is 4.90 Å². The van der Waals surface area contributed by atoms with E-state index in [2.05, 4.69) is 65.8 Å². The Morgan fingerprint density at radius 1 is 0.939 bits per heavy atom. The van der Waals surface area contributed by atoms with Crippen molar-refractivity contribution in [3.8, 4) is 0 Å². The lowest BCUT2D eigenvalue weighted by atomic mass is 9.35. The van der Waals surface area contributed by atoms with Gasteiger partial charge in [-0.1, -0.05) is 45.4 Å². The Labute approximate surface area is 200 Å². The molecular formula is C30H43NO2. The molecule has 5 aliphatic rings. The van der Waals surface area contributed by atoms with Crippen molar-refractivity contribution in [2.45, 2.75) is 92.0 Å². The summed E-state index contributed by atoms with van der Waals surface area (Å²) in [7, 11) is 4.53. The maximum atomic E-state index is 12.6. The summed E-state index contributed by atoms with van der Waals surface area (Å²) in [5, 5.41) is 10.3. The van der Waals surface area contributed by atoms with Crippen LogP contribution in [0.15, 0.2) is 46.3 Å². The molecule has 0 aromatic rings. The Balaban J connectivity index is 1.64. The third kappa shape index (κ3) is 2.75. The molecule has 0 unspecified atom stereocenters. The Morgan fingerprint density at radius 3 is 2.27 bits per heavy atom. The normalized spacial score (nSPS) is 47.1. The lowest BCUT2D eigenvalue weighted by Crippen LogP contribution is -2.63. The predicted molar refractivity (Wildman–Crippen MR) is 135 cm³/mol. The molecule has 3 nitrogen and oxygen atoms in total. The summed E-state index contributed by atoms with van der Waals surface area (Å²) in [4.78, 5) is 15.1. The lowest BCUT2D eigenvalue weighted by molar-refractivity contribution is -0.162. The minimum absolute atomic E-state index is 0.0871. The lowest BCUT2D eigenvalue weighted by Gasteiger charge is -2.70. The number of rotatable bonds is 1. The molecule has 0 heterocycles. The van der Waals surface area contributed by atoms with E-state index in [4.69, 9.17) is 0 Å². The maximum Gasteiger partial charge on any atom is 0.220 e. The van der Waals surface area contributed by atoms with Crippen LogP contribution in [-0.4, -0.2) is 35.4 Å². The van der Waals surface area contributed by atoms with Crippen LogP contribution in [0.4, 0.5) is 0 Å². The van der Waals surface area contributed by atoms with Crippen LogP contribution in [0.3, 0.4) is 0 Å². The molecule has 3 fully saturated rings. The van der Waals surface area contributed by atoms with Crippen LogP contribution in [-0.2, 0) is 4.79 Å². The molecule has 3 heteroatoms. The van der Waals surface area contributed by atoms with Gasteiger partial charge in [0, 0.05) is 16.5 Å². The third-order valence-corrected chi connectivity index (χ3v) is 11.9. The van der Waals surface area contributed by atoms with Gasteiger partial charge in [-0.05, 0) is 112 Å². The third-order valence-electron chi connectivity index (χ3n) is 11.9. The van der Waals surface area contributed by atoms with E-state index in [0.29, 0.717) is 11.3 Å². The highest BCUT2D eigenvalue weighted by Crippen LogP contribution is 2.75. The van der Waals surface area contributed by atoms with E-state index in [1.165, 1.54) is 44.1 Å². The molecule has 0 aromatic carbocycles. The molecule has 0 aromatic heterocycles. The topological polar surface area (TPSA) is 40.5 Å². The number of carbonyl (C=O) groups is 1. The number of fused-ring (bicyclic) bond motifs is 7. The molecule has 0 bridgehead atoms. The van der Waals surface area contributed by atoms with Gasteiger partial charge in [-0.15, -0.1) is 0 Å². The highest BCUT2D eigenvalue weighted by molar-refractivity contribution is 6.06. The van der Waals surface area contributed by atoms with E-state index < -0.39 is 0 Å². The van der Waals surface area contributed by atoms with Crippen LogP contribution >= 0.6 is 0 Å². The van der Waals surface area contributed by atoms with Gasteiger partial charge in [-0.2, -0.15) is 0 Å². The smallest absolute Gasteiger partial charge is 0.220 e. The fourth-order valence-corrected chi connectivity index (χ4v) is 8.85. The second-order valence-corrected chi connectivity index (χ2v) is 13.4. The molecule has 0 saturated heterocycles. The molecular weight excluding hydrogens is 406 g/mol. The first-order chi connectivity index (χ1) is 15.2. The first-order valence-electron chi connectivity index (χ1n) is 13.0. The summed E-state index contributed by atoms with van der Waals surface area (Å²) in [5.41, 5.74) is 5.35. The van der Waals surface area contributed by atoms with Crippen molar-refractivity contribution in [1.29, 1.82) is 0 Å². The SMILES string of the molecule is CC1=C(O)C(=O)C=C2C1=CC=C1[C@@]2(C)CC[C@@]2(C)[C@@H]3C[C@](C)(N(C)C)CC[C@]3(C)CC[C@]12C. The number of hydrogen-bond acceptors (Lipinski definition) is 3. The number of aliphatic hydroxyl groups excluding tert-OH is 1. The Morgan fingerprint density at radius 2 is 1.61 bits per heavy atom. The van der Waals surface area contributed by atoms with Gasteiger partial charge < -0.3 is 10.0 Å². The Hall–Kier alpha value is -1.61. The van der Waals surface area contributed by atoms with E-state index >= 15 is 0 Å². The summed E-state index contributed by atoms with van der Waals surface area (Å²) < 4.78 is 0. The largest absolute Gasteiger partial charge is 0.504 e. The fourth-order valence-electron chi connectivity index (χ4n) is 8.85. The molecule has 33 heavy (non-hydrogen) atoms. The molecule has 3 saturated carbocycles. The minimum Gasteiger partial charge on any atom is -0.504 e. The van der Waals surface area contributed by atoms with Gasteiger partial charge in [0.15, 0.2) is 5.76 Å². The van der Waals surface area contributed by atoms with Gasteiger partial charge in [0.05, 0.1) is 0 Å². The van der Waals surface area contributed by atoms with Crippen LogP contribution in [0.5, 0.6) is 0 Å². The van der Waals surface area contributed by atoms with E-state index in [1.54, 1.807) is 6.08 Å². The van der Waals surface area contributed by atoms with Gasteiger partial charge in [-0.25, -0.2) is 0 Å². The molecule has 0 radical (unpaired) electrons. The number of carbonyl (C=O) groups excluding carboxylic acids is 1. The van der Waals surface area contributed by atoms with Crippen molar-refractivity contribution in [3.63, 3.8) is 0 Å². The van der Waals surface area contributed by atoms with Crippen LogP contribution in [0.1, 0.15) is 86.5 Å². The molecule has 5 aliphatic carbocycles. The van der Waals surface area contributed by atoms with Crippen molar-refractivity contribution < 1.29 is 9.90 Å². The molecule has 0 aliphatic heterocycles. The standard InChI is InChI=1S/C30H43NO2/c1-19-20-9-10-23-28(4,21(20)17-22(32)25(19)33)14-16-30(6)24-18-27(3,31(7)8)13-11-26(24,2)12-15-29(23,30)5/h9-10,17,24,33H,11-16,18H2,1-8H3/t24-,26-,27-,28+,29-,30+/m1/s1. The Bertz CT molecular complexity index is 1060. The fraction of sp³-hybridized carbons (Fsp3) is 0.700. The summed E-state index contributed by atoms with van der Waals surface area (Å²) >= 11 is 0. The van der Waals surface area contributed by atoms with Gasteiger partial charge in [0.2, 0.25) is 5.78 Å². The van der Waals surface area contributed by atoms with E-state index in [0.717, 1.165) is 23.1 Å². The van der Waals surface area contributed by atoms with Gasteiger partial charge in [0.1, 0.15) is 0 Å². The van der Waals surface area contributed by atoms with Crippen LogP contribution < -0.4 is 0 Å². The van der Waals surface area contributed by atoms with Gasteiger partial charge in [-0.3, -0.25) is 4.79 Å². The predicted octanol–water partition coefficient (Wildman–Crippen LogP) is 6.93. The van der Waals surface area contributed by atoms with E-state index in [9.17, 15) is 9.90 Å². The zero-order valence-electron chi connectivity index (χ0n) is 22.1. The molecule has 5 rings (SSSR count). The summed E-state index contributed by atoms with van der Waals surface area (Å²) in [5.74, 6) is 0.371. The van der Waals surface area contributed by atoms with Crippen LogP contribution in [0.2, 0.25) is 0 Å². The minimum atomic E-state index is -0.231. The second-order valence-electron chi connectivity index (χ2n) is 13.4. The molecule has 1 N–H and O–H groups in total. The number of aliphatic hydroxyl groups is 1. The van der Waals surface area contributed by atoms with Crippen molar-refractivity contribution in [2.75, 3.05) is 14.1 Å². The summed E-state index contributed by atoms with van der Waals surface area (Å²) in [6.07, 6.45) is 15.0. The maximum absolute atomic E-state index is 12.6. The molecule has 6 atom stereocenters. The highest BCUT2D eigenvalue weighted by Gasteiger charge is 2.66. The van der Waals surface area contributed by atoms with Crippen molar-refractivity contribution >= 4 is 5.78 Å². The van der Waals surface area contributed by atoms with Gasteiger partial charge >= 0.3 is 0 Å². The first kappa shape index (κ1) is 23.1. The number of hydrogen-bond donors (Lipinski definition) is 1. The zero-order valence-corrected chi connectivity index (χ0v) is 22.1. The summed E-state index contributed by atoms with van der Waals surface area (Å²) in [6, 6.07) is 0. The zero-order chi connectivity index (χ0) is 24.2. The molecule has 0 amide bonds. The number of nitrogens with zero attached hydrogens (tertiary/aromatic N) is 1.